The molecule has 4 aromatic rings. The predicted octanol–water partition coefficient (Wildman–Crippen LogP) is 6.02. The van der Waals surface area contributed by atoms with E-state index in [0.717, 1.165) is 5.69 Å². The summed E-state index contributed by atoms with van der Waals surface area (Å²) in [5.41, 5.74) is 2.90. The maximum Gasteiger partial charge on any atom is 0.251 e. The summed E-state index contributed by atoms with van der Waals surface area (Å²) < 4.78 is 17.2. The number of hydrogen-bond acceptors (Lipinski definition) is 7. The molecule has 8 nitrogen and oxygen atoms in total. The highest BCUT2D eigenvalue weighted by Crippen LogP contribution is 2.37. The molecule has 3 aromatic carbocycles. The Labute approximate surface area is 219 Å². The Balaban J connectivity index is 1.59. The van der Waals surface area contributed by atoms with Gasteiger partial charge < -0.3 is 24.8 Å². The molecule has 0 spiro atoms. The van der Waals surface area contributed by atoms with Crippen LogP contribution in [-0.2, 0) is 0 Å². The summed E-state index contributed by atoms with van der Waals surface area (Å²) in [6.45, 7) is 0.456. The number of carbonyl (C=O) groups is 1. The van der Waals surface area contributed by atoms with Crippen LogP contribution in [0.25, 0.3) is 10.9 Å². The van der Waals surface area contributed by atoms with Gasteiger partial charge in [-0.15, -0.1) is 11.6 Å². The number of carbonyl (C=O) groups excluding carboxylic acids is 1. The third-order valence-corrected chi connectivity index (χ3v) is 5.76. The molecule has 0 saturated carbocycles. The van der Waals surface area contributed by atoms with Gasteiger partial charge in [-0.1, -0.05) is 6.07 Å². The second-order valence-corrected chi connectivity index (χ2v) is 8.31. The molecule has 0 aliphatic carbocycles. The normalized spacial score (nSPS) is 10.4. The molecular weight excluding hydrogens is 492 g/mol. The smallest absolute Gasteiger partial charge is 0.251 e. The average molecular weight is 517 g/mol. The molecule has 4 rings (SSSR count). The number of nitriles is 1. The van der Waals surface area contributed by atoms with Gasteiger partial charge >= 0.3 is 0 Å². The highest BCUT2D eigenvalue weighted by Gasteiger charge is 2.15. The number of hydrogen-bond donors (Lipinski definition) is 2. The van der Waals surface area contributed by atoms with Gasteiger partial charge in [0.25, 0.3) is 5.91 Å². The topological polar surface area (TPSA) is 106 Å². The van der Waals surface area contributed by atoms with E-state index in [1.165, 1.54) is 6.20 Å². The molecule has 0 aliphatic rings. The summed E-state index contributed by atoms with van der Waals surface area (Å²) in [4.78, 5) is 16.3. The minimum absolute atomic E-state index is 0.187. The Morgan fingerprint density at radius 1 is 1.08 bits per heavy atom. The van der Waals surface area contributed by atoms with E-state index in [1.54, 1.807) is 62.7 Å². The Morgan fingerprint density at radius 2 is 1.89 bits per heavy atom. The fraction of sp³-hybridized carbons (Fsp3) is 0.179. The fourth-order valence-corrected chi connectivity index (χ4v) is 3.77. The van der Waals surface area contributed by atoms with E-state index in [0.29, 0.717) is 69.6 Å². The van der Waals surface area contributed by atoms with Gasteiger partial charge in [0.2, 0.25) is 0 Å². The first-order chi connectivity index (χ1) is 18.1. The molecule has 0 aliphatic heterocycles. The van der Waals surface area contributed by atoms with Gasteiger partial charge in [0.05, 0.1) is 30.5 Å². The first-order valence-electron chi connectivity index (χ1n) is 11.5. The maximum absolute atomic E-state index is 11.9. The van der Waals surface area contributed by atoms with Crippen molar-refractivity contribution in [1.82, 2.24) is 10.3 Å². The standard InChI is InChI=1S/C28H25ClN4O4/c1-31-28(34)18-5-3-6-22(13-18)37-21-9-7-20(8-10-21)33-27-19(16-30)17-32-24-15-26(36-12-4-11-29)25(35-2)14-23(24)27/h3,5-10,13-15,17H,4,11-12H2,1-2H3,(H,31,34)(H,32,33). The molecule has 0 saturated heterocycles. The van der Waals surface area contributed by atoms with Crippen molar-refractivity contribution in [2.24, 2.45) is 0 Å². The van der Waals surface area contributed by atoms with E-state index in [1.807, 2.05) is 12.1 Å². The van der Waals surface area contributed by atoms with Gasteiger partial charge in [-0.2, -0.15) is 5.26 Å². The van der Waals surface area contributed by atoms with Crippen molar-refractivity contribution in [3.63, 3.8) is 0 Å². The lowest BCUT2D eigenvalue weighted by molar-refractivity contribution is 0.0962. The Morgan fingerprint density at radius 3 is 2.59 bits per heavy atom. The summed E-state index contributed by atoms with van der Waals surface area (Å²) in [7, 11) is 3.14. The van der Waals surface area contributed by atoms with E-state index in [9.17, 15) is 10.1 Å². The van der Waals surface area contributed by atoms with Crippen LogP contribution in [0.4, 0.5) is 11.4 Å². The Hall–Kier alpha value is -4.48. The molecule has 1 aromatic heterocycles. The van der Waals surface area contributed by atoms with E-state index in [4.69, 9.17) is 25.8 Å². The summed E-state index contributed by atoms with van der Waals surface area (Å²) in [6, 6.07) is 20.0. The number of pyridine rings is 1. The molecule has 188 valence electrons. The zero-order valence-electron chi connectivity index (χ0n) is 20.4. The first-order valence-corrected chi connectivity index (χ1v) is 12.1. The molecule has 0 unspecified atom stereocenters. The van der Waals surface area contributed by atoms with Gasteiger partial charge in [0.15, 0.2) is 11.5 Å². The second-order valence-electron chi connectivity index (χ2n) is 7.93. The molecule has 1 amide bonds. The summed E-state index contributed by atoms with van der Waals surface area (Å²) in [6.07, 6.45) is 2.23. The third-order valence-electron chi connectivity index (χ3n) is 5.49. The summed E-state index contributed by atoms with van der Waals surface area (Å²) in [5, 5.41) is 16.4. The first kappa shape index (κ1) is 25.6. The number of fused-ring (bicyclic) bond motifs is 1. The van der Waals surface area contributed by atoms with Crippen LogP contribution in [0.5, 0.6) is 23.0 Å². The minimum Gasteiger partial charge on any atom is -0.493 e. The van der Waals surface area contributed by atoms with Crippen molar-refractivity contribution in [3.8, 4) is 29.1 Å². The zero-order chi connectivity index (χ0) is 26.2. The van der Waals surface area contributed by atoms with Crippen LogP contribution in [0.2, 0.25) is 0 Å². The quantitative estimate of drug-likeness (QED) is 0.196. The van der Waals surface area contributed by atoms with Gasteiger partial charge in [-0.05, 0) is 55.0 Å². The zero-order valence-corrected chi connectivity index (χ0v) is 21.1. The van der Waals surface area contributed by atoms with Crippen LogP contribution in [0.1, 0.15) is 22.3 Å². The average Bonchev–Trinajstić information content (AvgIpc) is 2.93. The molecule has 37 heavy (non-hydrogen) atoms. The lowest BCUT2D eigenvalue weighted by Gasteiger charge is -2.15. The number of rotatable bonds is 10. The maximum atomic E-state index is 11.9. The number of anilines is 2. The number of benzene rings is 3. The van der Waals surface area contributed by atoms with Crippen LogP contribution in [-0.4, -0.2) is 37.5 Å². The van der Waals surface area contributed by atoms with E-state index >= 15 is 0 Å². The van der Waals surface area contributed by atoms with Crippen molar-refractivity contribution >= 4 is 39.8 Å². The predicted molar refractivity (Wildman–Crippen MR) is 143 cm³/mol. The van der Waals surface area contributed by atoms with Crippen molar-refractivity contribution in [2.45, 2.75) is 6.42 Å². The van der Waals surface area contributed by atoms with Crippen LogP contribution in [0.3, 0.4) is 0 Å². The Kier molecular flexibility index (Phi) is 8.29. The molecule has 0 bridgehead atoms. The molecule has 1 heterocycles. The molecular formula is C28H25ClN4O4. The largest absolute Gasteiger partial charge is 0.493 e. The van der Waals surface area contributed by atoms with E-state index in [-0.39, 0.29) is 5.91 Å². The van der Waals surface area contributed by atoms with Gasteiger partial charge in [-0.3, -0.25) is 9.78 Å². The van der Waals surface area contributed by atoms with Crippen LogP contribution < -0.4 is 24.8 Å². The van der Waals surface area contributed by atoms with E-state index < -0.39 is 0 Å². The molecule has 9 heteroatoms. The van der Waals surface area contributed by atoms with Crippen LogP contribution in [0, 0.1) is 11.3 Å². The fourth-order valence-electron chi connectivity index (χ4n) is 3.66. The highest BCUT2D eigenvalue weighted by atomic mass is 35.5. The van der Waals surface area contributed by atoms with Gasteiger partial charge in [0.1, 0.15) is 17.6 Å². The van der Waals surface area contributed by atoms with Crippen molar-refractivity contribution in [3.05, 3.63) is 78.0 Å². The number of amides is 1. The number of aromatic nitrogens is 1. The minimum atomic E-state index is -0.187. The van der Waals surface area contributed by atoms with Gasteiger partial charge in [0, 0.05) is 41.8 Å². The lowest BCUT2D eigenvalue weighted by Crippen LogP contribution is -2.17. The second kappa shape index (κ2) is 12.0. The van der Waals surface area contributed by atoms with Crippen molar-refractivity contribution < 1.29 is 19.0 Å². The number of halogens is 1. The number of nitrogens with zero attached hydrogens (tertiary/aromatic N) is 2. The molecule has 0 atom stereocenters. The van der Waals surface area contributed by atoms with Crippen molar-refractivity contribution in [1.29, 1.82) is 5.26 Å². The van der Waals surface area contributed by atoms with Crippen LogP contribution >= 0.6 is 11.6 Å². The Bertz CT molecular complexity index is 1450. The monoisotopic (exact) mass is 516 g/mol. The third kappa shape index (κ3) is 6.02. The molecule has 2 N–H and O–H groups in total. The summed E-state index contributed by atoms with van der Waals surface area (Å²) >= 11 is 5.76. The van der Waals surface area contributed by atoms with Crippen LogP contribution in [0.15, 0.2) is 66.9 Å². The SMILES string of the molecule is CNC(=O)c1cccc(Oc2ccc(Nc3c(C#N)cnc4cc(OCCCCl)c(OC)cc34)cc2)c1. The van der Waals surface area contributed by atoms with E-state index in [2.05, 4.69) is 21.7 Å². The highest BCUT2D eigenvalue weighted by molar-refractivity contribution is 6.17. The number of ether oxygens (including phenoxy) is 3. The number of nitrogens with one attached hydrogen (secondary N) is 2. The molecule has 0 radical (unpaired) electrons. The number of methoxy groups -OCH3 is 1. The molecule has 0 fully saturated rings. The number of alkyl halides is 1. The lowest BCUT2D eigenvalue weighted by atomic mass is 10.1. The van der Waals surface area contributed by atoms with Gasteiger partial charge in [-0.25, -0.2) is 0 Å². The van der Waals surface area contributed by atoms with Crippen molar-refractivity contribution in [2.75, 3.05) is 32.0 Å². The summed E-state index contributed by atoms with van der Waals surface area (Å²) in [5.74, 6) is 2.55.